The monoisotopic (exact) mass is 400 g/mol. The number of carbonyl (C=O) groups excluding carboxylic acids is 1. The Labute approximate surface area is 174 Å². The number of aromatic nitrogens is 1. The van der Waals surface area contributed by atoms with Crippen LogP contribution in [0.4, 0.5) is 11.4 Å². The van der Waals surface area contributed by atoms with Crippen LogP contribution in [0.2, 0.25) is 0 Å². The molecule has 1 amide bonds. The molecule has 1 atom stereocenters. The van der Waals surface area contributed by atoms with Gasteiger partial charge in [0.1, 0.15) is 0 Å². The SMILES string of the molecule is CC(=O)N1N=C(c2cccc(Nc3ccncc3)c2)CC1c1ccc2c(c1)OCO2. The summed E-state index contributed by atoms with van der Waals surface area (Å²) in [5, 5.41) is 9.57. The molecule has 0 saturated carbocycles. The summed E-state index contributed by atoms with van der Waals surface area (Å²) in [4.78, 5) is 16.3. The molecular formula is C23H20N4O3. The van der Waals surface area contributed by atoms with Gasteiger partial charge in [-0.2, -0.15) is 5.10 Å². The molecule has 0 radical (unpaired) electrons. The Morgan fingerprint density at radius 1 is 1.03 bits per heavy atom. The second-order valence-corrected chi connectivity index (χ2v) is 7.18. The third-order valence-electron chi connectivity index (χ3n) is 5.18. The van der Waals surface area contributed by atoms with Gasteiger partial charge in [-0.25, -0.2) is 5.01 Å². The first-order valence-corrected chi connectivity index (χ1v) is 9.72. The van der Waals surface area contributed by atoms with E-state index in [-0.39, 0.29) is 18.7 Å². The van der Waals surface area contributed by atoms with E-state index in [1.807, 2.05) is 54.6 Å². The Kier molecular flexibility index (Phi) is 4.55. The quantitative estimate of drug-likeness (QED) is 0.709. The largest absolute Gasteiger partial charge is 0.454 e. The lowest BCUT2D eigenvalue weighted by molar-refractivity contribution is -0.130. The van der Waals surface area contributed by atoms with Crippen LogP contribution in [0.25, 0.3) is 0 Å². The van der Waals surface area contributed by atoms with E-state index < -0.39 is 0 Å². The van der Waals surface area contributed by atoms with Crippen LogP contribution in [-0.2, 0) is 4.79 Å². The summed E-state index contributed by atoms with van der Waals surface area (Å²) in [5.74, 6) is 1.33. The normalized spacial score (nSPS) is 17.0. The second-order valence-electron chi connectivity index (χ2n) is 7.18. The molecule has 2 aliphatic heterocycles. The van der Waals surface area contributed by atoms with Gasteiger partial charge in [-0.3, -0.25) is 9.78 Å². The van der Waals surface area contributed by atoms with Gasteiger partial charge in [-0.1, -0.05) is 18.2 Å². The molecule has 7 nitrogen and oxygen atoms in total. The molecule has 1 unspecified atom stereocenters. The van der Waals surface area contributed by atoms with Crippen LogP contribution in [0.15, 0.2) is 72.1 Å². The number of amides is 1. The van der Waals surface area contributed by atoms with E-state index in [4.69, 9.17) is 9.47 Å². The van der Waals surface area contributed by atoms with E-state index in [1.165, 1.54) is 6.92 Å². The molecule has 2 aromatic carbocycles. The van der Waals surface area contributed by atoms with Crippen LogP contribution >= 0.6 is 0 Å². The Hall–Kier alpha value is -3.87. The maximum atomic E-state index is 12.3. The molecule has 150 valence electrons. The van der Waals surface area contributed by atoms with Crippen LogP contribution in [0.1, 0.15) is 30.5 Å². The number of ether oxygens (including phenoxy) is 2. The van der Waals surface area contributed by atoms with Crippen molar-refractivity contribution in [1.82, 2.24) is 9.99 Å². The molecule has 0 spiro atoms. The first-order chi connectivity index (χ1) is 14.7. The van der Waals surface area contributed by atoms with E-state index in [0.717, 1.165) is 34.0 Å². The smallest absolute Gasteiger partial charge is 0.240 e. The Morgan fingerprint density at radius 2 is 1.87 bits per heavy atom. The average molecular weight is 400 g/mol. The summed E-state index contributed by atoms with van der Waals surface area (Å²) in [5.41, 5.74) is 4.72. The molecular weight excluding hydrogens is 380 g/mol. The topological polar surface area (TPSA) is 76.1 Å². The fraction of sp³-hybridized carbons (Fsp3) is 0.174. The third-order valence-corrected chi connectivity index (χ3v) is 5.18. The zero-order chi connectivity index (χ0) is 20.5. The van der Waals surface area contributed by atoms with E-state index >= 15 is 0 Å². The summed E-state index contributed by atoms with van der Waals surface area (Å²) in [6.07, 6.45) is 4.11. The predicted octanol–water partition coefficient (Wildman–Crippen LogP) is 4.25. The molecule has 3 heterocycles. The Balaban J connectivity index is 1.42. The van der Waals surface area contributed by atoms with Crippen molar-refractivity contribution in [1.29, 1.82) is 0 Å². The van der Waals surface area contributed by atoms with Crippen LogP contribution in [-0.4, -0.2) is 28.4 Å². The minimum Gasteiger partial charge on any atom is -0.454 e. The van der Waals surface area contributed by atoms with Crippen molar-refractivity contribution in [2.24, 2.45) is 5.10 Å². The zero-order valence-corrected chi connectivity index (χ0v) is 16.4. The number of nitrogens with zero attached hydrogens (tertiary/aromatic N) is 3. The van der Waals surface area contributed by atoms with E-state index in [2.05, 4.69) is 15.4 Å². The summed E-state index contributed by atoms with van der Waals surface area (Å²) >= 11 is 0. The number of rotatable bonds is 4. The van der Waals surface area contributed by atoms with Crippen molar-refractivity contribution in [3.63, 3.8) is 0 Å². The van der Waals surface area contributed by atoms with Gasteiger partial charge < -0.3 is 14.8 Å². The molecule has 2 aliphatic rings. The first kappa shape index (κ1) is 18.2. The highest BCUT2D eigenvalue weighted by Gasteiger charge is 2.32. The summed E-state index contributed by atoms with van der Waals surface area (Å²) in [6.45, 7) is 1.76. The standard InChI is InChI=1S/C23H20N4O3/c1-15(28)27-21(17-5-6-22-23(12-17)30-14-29-22)13-20(26-27)16-3-2-4-19(11-16)25-18-7-9-24-10-8-18/h2-12,21H,13-14H2,1H3,(H,24,25). The van der Waals surface area contributed by atoms with Crippen molar-refractivity contribution < 1.29 is 14.3 Å². The minimum atomic E-state index is -0.177. The number of anilines is 2. The fourth-order valence-electron chi connectivity index (χ4n) is 3.73. The van der Waals surface area contributed by atoms with E-state index in [0.29, 0.717) is 12.2 Å². The van der Waals surface area contributed by atoms with Crippen LogP contribution in [0.3, 0.4) is 0 Å². The number of fused-ring (bicyclic) bond motifs is 1. The van der Waals surface area contributed by atoms with Crippen molar-refractivity contribution >= 4 is 23.0 Å². The van der Waals surface area contributed by atoms with Gasteiger partial charge in [0.25, 0.3) is 0 Å². The van der Waals surface area contributed by atoms with Crippen LogP contribution < -0.4 is 14.8 Å². The lowest BCUT2D eigenvalue weighted by Crippen LogP contribution is -2.24. The van der Waals surface area contributed by atoms with Gasteiger partial charge >= 0.3 is 0 Å². The molecule has 5 rings (SSSR count). The average Bonchev–Trinajstić information content (AvgIpc) is 3.41. The molecule has 30 heavy (non-hydrogen) atoms. The summed E-state index contributed by atoms with van der Waals surface area (Å²) < 4.78 is 10.9. The zero-order valence-electron chi connectivity index (χ0n) is 16.4. The van der Waals surface area contributed by atoms with Gasteiger partial charge in [-0.15, -0.1) is 0 Å². The number of hydrogen-bond acceptors (Lipinski definition) is 6. The van der Waals surface area contributed by atoms with Gasteiger partial charge in [0.2, 0.25) is 12.7 Å². The highest BCUT2D eigenvalue weighted by Crippen LogP contribution is 2.39. The number of carbonyl (C=O) groups is 1. The molecule has 7 heteroatoms. The second kappa shape index (κ2) is 7.51. The molecule has 0 saturated heterocycles. The van der Waals surface area contributed by atoms with Gasteiger partial charge in [0, 0.05) is 37.1 Å². The predicted molar refractivity (Wildman–Crippen MR) is 113 cm³/mol. The number of pyridine rings is 1. The number of nitrogens with one attached hydrogen (secondary N) is 1. The van der Waals surface area contributed by atoms with Crippen molar-refractivity contribution in [3.05, 3.63) is 78.1 Å². The summed E-state index contributed by atoms with van der Waals surface area (Å²) in [6, 6.07) is 17.5. The van der Waals surface area contributed by atoms with E-state index in [9.17, 15) is 4.79 Å². The molecule has 0 aliphatic carbocycles. The third kappa shape index (κ3) is 3.45. The highest BCUT2D eigenvalue weighted by atomic mass is 16.7. The highest BCUT2D eigenvalue weighted by molar-refractivity contribution is 6.03. The van der Waals surface area contributed by atoms with Crippen molar-refractivity contribution in [2.75, 3.05) is 12.1 Å². The van der Waals surface area contributed by atoms with Crippen molar-refractivity contribution in [2.45, 2.75) is 19.4 Å². The Bertz CT molecular complexity index is 1130. The van der Waals surface area contributed by atoms with Crippen LogP contribution in [0, 0.1) is 0 Å². The van der Waals surface area contributed by atoms with Crippen molar-refractivity contribution in [3.8, 4) is 11.5 Å². The molecule has 0 bridgehead atoms. The molecule has 0 fully saturated rings. The number of hydrazone groups is 1. The Morgan fingerprint density at radius 3 is 2.70 bits per heavy atom. The molecule has 3 aromatic rings. The maximum absolute atomic E-state index is 12.3. The number of hydrogen-bond donors (Lipinski definition) is 1. The minimum absolute atomic E-state index is 0.0984. The lowest BCUT2D eigenvalue weighted by atomic mass is 9.98. The van der Waals surface area contributed by atoms with Gasteiger partial charge in [-0.05, 0) is 47.5 Å². The summed E-state index contributed by atoms with van der Waals surface area (Å²) in [7, 11) is 0. The van der Waals surface area contributed by atoms with Gasteiger partial charge in [0.15, 0.2) is 11.5 Å². The number of benzene rings is 2. The molecule has 1 aromatic heterocycles. The van der Waals surface area contributed by atoms with Crippen LogP contribution in [0.5, 0.6) is 11.5 Å². The molecule has 1 N–H and O–H groups in total. The maximum Gasteiger partial charge on any atom is 0.240 e. The van der Waals surface area contributed by atoms with Gasteiger partial charge in [0.05, 0.1) is 11.8 Å². The first-order valence-electron chi connectivity index (χ1n) is 9.72. The fourth-order valence-corrected chi connectivity index (χ4v) is 3.73. The lowest BCUT2D eigenvalue weighted by Gasteiger charge is -2.20. The van der Waals surface area contributed by atoms with E-state index in [1.54, 1.807) is 17.4 Å².